The quantitative estimate of drug-likeness (QED) is 0.468. The van der Waals surface area contributed by atoms with Crippen LogP contribution < -0.4 is 10.6 Å². The number of hydrogen-bond donors (Lipinski definition) is 2. The molecule has 26 heavy (non-hydrogen) atoms. The van der Waals surface area contributed by atoms with Crippen LogP contribution in [-0.4, -0.2) is 58.7 Å². The standard InChI is InChI=1S/C19H31N7/c1-15-11-16(2)14-25(13-15)9-6-8-21-19(20-3)22-12-18-24-23-17-7-4-5-10-26(17)18/h4-5,7,10,15-16H,6,8-9,11-14H2,1-3H3,(H2,20,21,22). The van der Waals surface area contributed by atoms with Gasteiger partial charge in [0.05, 0.1) is 6.54 Å². The van der Waals surface area contributed by atoms with Gasteiger partial charge in [-0.25, -0.2) is 0 Å². The summed E-state index contributed by atoms with van der Waals surface area (Å²) in [5.74, 6) is 3.32. The molecule has 0 aliphatic carbocycles. The molecule has 2 N–H and O–H groups in total. The topological polar surface area (TPSA) is 69.8 Å². The molecule has 0 saturated carbocycles. The number of rotatable bonds is 6. The van der Waals surface area contributed by atoms with Crippen LogP contribution >= 0.6 is 0 Å². The first kappa shape index (κ1) is 18.6. The lowest BCUT2D eigenvalue weighted by Gasteiger charge is -2.35. The second-order valence-corrected chi connectivity index (χ2v) is 7.46. The van der Waals surface area contributed by atoms with Gasteiger partial charge in [-0.05, 0) is 43.4 Å². The predicted molar refractivity (Wildman–Crippen MR) is 105 cm³/mol. The van der Waals surface area contributed by atoms with Crippen molar-refractivity contribution in [1.82, 2.24) is 30.1 Å². The summed E-state index contributed by atoms with van der Waals surface area (Å²) in [5, 5.41) is 15.1. The van der Waals surface area contributed by atoms with E-state index in [-0.39, 0.29) is 0 Å². The number of nitrogens with zero attached hydrogens (tertiary/aromatic N) is 5. The van der Waals surface area contributed by atoms with Crippen LogP contribution in [0.2, 0.25) is 0 Å². The summed E-state index contributed by atoms with van der Waals surface area (Å²) in [6.45, 7) is 9.84. The van der Waals surface area contributed by atoms with Gasteiger partial charge in [0.2, 0.25) is 0 Å². The molecule has 2 aromatic rings. The normalized spacial score (nSPS) is 21.9. The molecule has 2 aromatic heterocycles. The summed E-state index contributed by atoms with van der Waals surface area (Å²) in [7, 11) is 1.80. The third kappa shape index (κ3) is 4.94. The molecule has 3 heterocycles. The van der Waals surface area contributed by atoms with Crippen molar-refractivity contribution >= 4 is 11.6 Å². The molecule has 0 amide bonds. The second-order valence-electron chi connectivity index (χ2n) is 7.46. The molecular formula is C19H31N7. The maximum Gasteiger partial charge on any atom is 0.191 e. The van der Waals surface area contributed by atoms with Crippen LogP contribution in [0.1, 0.15) is 32.5 Å². The zero-order valence-corrected chi connectivity index (χ0v) is 16.1. The average Bonchev–Trinajstić information content (AvgIpc) is 3.03. The number of piperidine rings is 1. The van der Waals surface area contributed by atoms with Gasteiger partial charge in [0.1, 0.15) is 0 Å². The Bertz CT molecular complexity index is 714. The maximum absolute atomic E-state index is 4.30. The number of pyridine rings is 1. The molecule has 3 rings (SSSR count). The highest BCUT2D eigenvalue weighted by Gasteiger charge is 2.20. The number of fused-ring (bicyclic) bond motifs is 1. The molecule has 2 atom stereocenters. The Morgan fingerprint density at radius 1 is 1.19 bits per heavy atom. The molecular weight excluding hydrogens is 326 g/mol. The van der Waals surface area contributed by atoms with E-state index in [4.69, 9.17) is 0 Å². The van der Waals surface area contributed by atoms with Crippen molar-refractivity contribution in [3.05, 3.63) is 30.2 Å². The predicted octanol–water partition coefficient (Wildman–Crippen LogP) is 1.76. The molecule has 7 nitrogen and oxygen atoms in total. The maximum atomic E-state index is 4.30. The highest BCUT2D eigenvalue weighted by Crippen LogP contribution is 2.20. The van der Waals surface area contributed by atoms with E-state index < -0.39 is 0 Å². The van der Waals surface area contributed by atoms with Gasteiger partial charge < -0.3 is 15.5 Å². The lowest BCUT2D eigenvalue weighted by atomic mass is 9.92. The van der Waals surface area contributed by atoms with Gasteiger partial charge in [-0.3, -0.25) is 9.39 Å². The second kappa shape index (κ2) is 8.98. The van der Waals surface area contributed by atoms with Gasteiger partial charge in [0, 0.05) is 32.9 Å². The zero-order valence-electron chi connectivity index (χ0n) is 16.1. The zero-order chi connectivity index (χ0) is 18.4. The van der Waals surface area contributed by atoms with E-state index in [1.54, 1.807) is 7.05 Å². The first-order valence-electron chi connectivity index (χ1n) is 9.61. The van der Waals surface area contributed by atoms with Gasteiger partial charge in [0.25, 0.3) is 0 Å². The van der Waals surface area contributed by atoms with Gasteiger partial charge >= 0.3 is 0 Å². The van der Waals surface area contributed by atoms with Gasteiger partial charge in [-0.1, -0.05) is 19.9 Å². The Morgan fingerprint density at radius 3 is 2.77 bits per heavy atom. The lowest BCUT2D eigenvalue weighted by Crippen LogP contribution is -2.41. The highest BCUT2D eigenvalue weighted by atomic mass is 15.3. The average molecular weight is 358 g/mol. The Hall–Kier alpha value is -2.15. The number of hydrogen-bond acceptors (Lipinski definition) is 4. The van der Waals surface area contributed by atoms with Crippen molar-refractivity contribution in [2.45, 2.75) is 33.2 Å². The van der Waals surface area contributed by atoms with Crippen molar-refractivity contribution in [2.75, 3.05) is 33.2 Å². The van der Waals surface area contributed by atoms with E-state index in [2.05, 4.69) is 44.6 Å². The van der Waals surface area contributed by atoms with Crippen LogP contribution in [0.5, 0.6) is 0 Å². The fourth-order valence-corrected chi connectivity index (χ4v) is 3.88. The minimum absolute atomic E-state index is 0.589. The molecule has 7 heteroatoms. The third-order valence-electron chi connectivity index (χ3n) is 4.91. The fourth-order valence-electron chi connectivity index (χ4n) is 3.88. The summed E-state index contributed by atoms with van der Waals surface area (Å²) in [5.41, 5.74) is 0.859. The van der Waals surface area contributed by atoms with Crippen LogP contribution in [0.15, 0.2) is 29.4 Å². The van der Waals surface area contributed by atoms with E-state index in [0.29, 0.717) is 6.54 Å². The van der Waals surface area contributed by atoms with Gasteiger partial charge in [-0.15, -0.1) is 10.2 Å². The molecule has 2 unspecified atom stereocenters. The van der Waals surface area contributed by atoms with Crippen molar-refractivity contribution in [3.63, 3.8) is 0 Å². The molecule has 1 aliphatic heterocycles. The van der Waals surface area contributed by atoms with Crippen LogP contribution in [0.3, 0.4) is 0 Å². The number of nitrogens with one attached hydrogen (secondary N) is 2. The molecule has 0 aromatic carbocycles. The number of guanidine groups is 1. The summed E-state index contributed by atoms with van der Waals surface area (Å²) >= 11 is 0. The van der Waals surface area contributed by atoms with E-state index in [9.17, 15) is 0 Å². The Balaban J connectivity index is 1.40. The van der Waals surface area contributed by atoms with Gasteiger partial charge in [0.15, 0.2) is 17.4 Å². The SMILES string of the molecule is CN=C(NCCCN1CC(C)CC(C)C1)NCc1nnc2ccccn12. The molecule has 1 saturated heterocycles. The summed E-state index contributed by atoms with van der Waals surface area (Å²) in [6.07, 6.45) is 4.46. The number of aromatic nitrogens is 3. The Kier molecular flexibility index (Phi) is 6.44. The summed E-state index contributed by atoms with van der Waals surface area (Å²) < 4.78 is 1.99. The van der Waals surface area contributed by atoms with E-state index >= 15 is 0 Å². The first-order valence-corrected chi connectivity index (χ1v) is 9.61. The molecule has 142 valence electrons. The molecule has 1 fully saturated rings. The van der Waals surface area contributed by atoms with Crippen molar-refractivity contribution in [2.24, 2.45) is 16.8 Å². The van der Waals surface area contributed by atoms with Crippen LogP contribution in [0.4, 0.5) is 0 Å². The van der Waals surface area contributed by atoms with Crippen molar-refractivity contribution in [3.8, 4) is 0 Å². The largest absolute Gasteiger partial charge is 0.356 e. The lowest BCUT2D eigenvalue weighted by molar-refractivity contribution is 0.140. The number of aliphatic imine (C=N–C) groups is 1. The van der Waals surface area contributed by atoms with Crippen molar-refractivity contribution in [1.29, 1.82) is 0 Å². The van der Waals surface area contributed by atoms with E-state index in [0.717, 1.165) is 48.8 Å². The Labute approximate surface area is 155 Å². The van der Waals surface area contributed by atoms with Crippen LogP contribution in [0.25, 0.3) is 5.65 Å². The van der Waals surface area contributed by atoms with Crippen LogP contribution in [0, 0.1) is 11.8 Å². The highest BCUT2D eigenvalue weighted by molar-refractivity contribution is 5.79. The molecule has 0 radical (unpaired) electrons. The molecule has 0 bridgehead atoms. The van der Waals surface area contributed by atoms with E-state index in [1.165, 1.54) is 19.5 Å². The van der Waals surface area contributed by atoms with Crippen LogP contribution in [-0.2, 0) is 6.54 Å². The smallest absolute Gasteiger partial charge is 0.191 e. The van der Waals surface area contributed by atoms with Gasteiger partial charge in [-0.2, -0.15) is 0 Å². The van der Waals surface area contributed by atoms with E-state index in [1.807, 2.05) is 28.8 Å². The van der Waals surface area contributed by atoms with Crippen molar-refractivity contribution < 1.29 is 0 Å². The molecule has 0 spiro atoms. The Morgan fingerprint density at radius 2 is 2.00 bits per heavy atom. The minimum Gasteiger partial charge on any atom is -0.356 e. The molecule has 1 aliphatic rings. The third-order valence-corrected chi connectivity index (χ3v) is 4.91. The number of likely N-dealkylation sites (tertiary alicyclic amines) is 1. The first-order chi connectivity index (χ1) is 12.7. The fraction of sp³-hybridized carbons (Fsp3) is 0.632. The summed E-state index contributed by atoms with van der Waals surface area (Å²) in [6, 6.07) is 5.90. The summed E-state index contributed by atoms with van der Waals surface area (Å²) in [4.78, 5) is 6.90. The monoisotopic (exact) mass is 357 g/mol. The minimum atomic E-state index is 0.589.